The average molecular weight is 462 g/mol. The first-order chi connectivity index (χ1) is 16.1. The normalized spacial score (nSPS) is 19.3. The average Bonchev–Trinajstić information content (AvgIpc) is 3.46. The number of thiophene rings is 1. The smallest absolute Gasteiger partial charge is 0.295 e. The molecule has 0 bridgehead atoms. The molecule has 7 heteroatoms. The highest BCUT2D eigenvalue weighted by atomic mass is 32.1. The first-order valence-corrected chi connectivity index (χ1v) is 11.7. The number of ether oxygens (including phenoxy) is 2. The van der Waals surface area contributed by atoms with Gasteiger partial charge in [0.15, 0.2) is 0 Å². The number of amides is 1. The van der Waals surface area contributed by atoms with Crippen LogP contribution in [0.4, 0.5) is 0 Å². The number of benzene rings is 2. The number of rotatable bonds is 5. The molecule has 2 aromatic carbocycles. The van der Waals surface area contributed by atoms with Crippen LogP contribution < -0.4 is 9.47 Å². The highest BCUT2D eigenvalue weighted by Gasteiger charge is 2.46. The highest BCUT2D eigenvalue weighted by molar-refractivity contribution is 7.10. The second kappa shape index (κ2) is 8.75. The third kappa shape index (κ3) is 3.89. The fourth-order valence-electron chi connectivity index (χ4n) is 4.38. The summed E-state index contributed by atoms with van der Waals surface area (Å²) < 4.78 is 10.9. The summed E-state index contributed by atoms with van der Waals surface area (Å²) in [4.78, 5) is 28.6. The van der Waals surface area contributed by atoms with Crippen LogP contribution in [0.1, 0.15) is 34.0 Å². The number of aliphatic hydroxyl groups excluding tert-OH is 1. The summed E-state index contributed by atoms with van der Waals surface area (Å²) in [5, 5.41) is 13.2. The number of carbonyl (C=O) groups is 2. The number of hydrogen-bond donors (Lipinski definition) is 1. The van der Waals surface area contributed by atoms with Crippen molar-refractivity contribution in [3.8, 4) is 11.5 Å². The summed E-state index contributed by atoms with van der Waals surface area (Å²) in [5.74, 6) is 0.0670. The van der Waals surface area contributed by atoms with Crippen molar-refractivity contribution in [2.45, 2.75) is 25.4 Å². The fourth-order valence-corrected chi connectivity index (χ4v) is 5.22. The van der Waals surface area contributed by atoms with Gasteiger partial charge in [-0.3, -0.25) is 9.59 Å². The molecule has 3 aromatic rings. The summed E-state index contributed by atoms with van der Waals surface area (Å²) in [7, 11) is 1.59. The van der Waals surface area contributed by atoms with E-state index < -0.39 is 17.7 Å². The van der Waals surface area contributed by atoms with Crippen molar-refractivity contribution >= 4 is 28.8 Å². The van der Waals surface area contributed by atoms with Crippen LogP contribution in [0.3, 0.4) is 0 Å². The lowest BCUT2D eigenvalue weighted by atomic mass is 9.97. The van der Waals surface area contributed by atoms with Crippen LogP contribution in [-0.2, 0) is 22.6 Å². The maximum Gasteiger partial charge on any atom is 0.295 e. The van der Waals surface area contributed by atoms with E-state index in [9.17, 15) is 14.7 Å². The van der Waals surface area contributed by atoms with Gasteiger partial charge in [-0.25, -0.2) is 0 Å². The Morgan fingerprint density at radius 3 is 2.73 bits per heavy atom. The molecular formula is C26H23NO5S. The minimum absolute atomic E-state index is 0.118. The zero-order valence-electron chi connectivity index (χ0n) is 18.1. The molecule has 1 N–H and O–H groups in total. The predicted octanol–water partition coefficient (Wildman–Crippen LogP) is 4.70. The van der Waals surface area contributed by atoms with Crippen LogP contribution in [0.25, 0.3) is 5.76 Å². The van der Waals surface area contributed by atoms with E-state index in [1.54, 1.807) is 13.2 Å². The molecular weight excluding hydrogens is 438 g/mol. The molecule has 168 valence electrons. The van der Waals surface area contributed by atoms with Crippen LogP contribution in [0.2, 0.25) is 0 Å². The van der Waals surface area contributed by atoms with E-state index >= 15 is 0 Å². The monoisotopic (exact) mass is 461 g/mol. The Balaban J connectivity index is 1.57. The standard InChI is InChI=1S/C26H23NO5S/c1-31-19-9-6-16(7-10-19)15-27-23(21-5-3-13-33-21)22(25(29)26(27)30)24(28)18-8-11-20-17(14-18)4-2-12-32-20/h3,5-11,13-14,23,28H,2,4,12,15H2,1H3/b24-22-. The lowest BCUT2D eigenvalue weighted by Crippen LogP contribution is -2.28. The van der Waals surface area contributed by atoms with Crippen molar-refractivity contribution in [1.82, 2.24) is 4.90 Å². The molecule has 1 aromatic heterocycles. The van der Waals surface area contributed by atoms with E-state index in [0.29, 0.717) is 17.9 Å². The molecule has 1 fully saturated rings. The maximum absolute atomic E-state index is 13.2. The van der Waals surface area contributed by atoms with Crippen molar-refractivity contribution in [3.05, 3.63) is 87.1 Å². The van der Waals surface area contributed by atoms with Gasteiger partial charge in [-0.2, -0.15) is 0 Å². The van der Waals surface area contributed by atoms with Gasteiger partial charge in [-0.05, 0) is 65.7 Å². The number of Topliss-reactive ketones (excluding diaryl/α,β-unsaturated/α-hetero) is 1. The maximum atomic E-state index is 13.2. The Labute approximate surface area is 195 Å². The molecule has 1 atom stereocenters. The van der Waals surface area contributed by atoms with Crippen LogP contribution >= 0.6 is 11.3 Å². The first kappa shape index (κ1) is 21.3. The van der Waals surface area contributed by atoms with E-state index in [4.69, 9.17) is 9.47 Å². The lowest BCUT2D eigenvalue weighted by molar-refractivity contribution is -0.140. The van der Waals surface area contributed by atoms with E-state index in [0.717, 1.165) is 34.6 Å². The number of ketones is 1. The molecule has 0 spiro atoms. The Kier molecular flexibility index (Phi) is 5.64. The van der Waals surface area contributed by atoms with Crippen LogP contribution in [0.5, 0.6) is 11.5 Å². The van der Waals surface area contributed by atoms with Gasteiger partial charge in [-0.15, -0.1) is 11.3 Å². The van der Waals surface area contributed by atoms with Gasteiger partial charge in [0.1, 0.15) is 17.3 Å². The minimum atomic E-state index is -0.673. The van der Waals surface area contributed by atoms with Crippen molar-refractivity contribution in [1.29, 1.82) is 0 Å². The molecule has 6 nitrogen and oxygen atoms in total. The third-order valence-corrected chi connectivity index (χ3v) is 6.97. The van der Waals surface area contributed by atoms with Gasteiger partial charge in [0.25, 0.3) is 11.7 Å². The molecule has 0 saturated carbocycles. The van der Waals surface area contributed by atoms with E-state index in [-0.39, 0.29) is 17.9 Å². The lowest BCUT2D eigenvalue weighted by Gasteiger charge is -2.24. The van der Waals surface area contributed by atoms with Gasteiger partial charge in [0.2, 0.25) is 0 Å². The molecule has 0 aliphatic carbocycles. The zero-order valence-corrected chi connectivity index (χ0v) is 18.9. The minimum Gasteiger partial charge on any atom is -0.507 e. The van der Waals surface area contributed by atoms with Crippen LogP contribution in [0.15, 0.2) is 65.6 Å². The van der Waals surface area contributed by atoms with Crippen molar-refractivity contribution in [2.75, 3.05) is 13.7 Å². The molecule has 0 radical (unpaired) electrons. The number of fused-ring (bicyclic) bond motifs is 1. The summed E-state index contributed by atoms with van der Waals surface area (Å²) in [5.41, 5.74) is 2.49. The molecule has 2 aliphatic rings. The predicted molar refractivity (Wildman–Crippen MR) is 125 cm³/mol. The Hall–Kier alpha value is -3.58. The molecule has 5 rings (SSSR count). The quantitative estimate of drug-likeness (QED) is 0.339. The second-order valence-corrected chi connectivity index (χ2v) is 9.04. The van der Waals surface area contributed by atoms with Crippen molar-refractivity contribution in [2.24, 2.45) is 0 Å². The number of methoxy groups -OCH3 is 1. The second-order valence-electron chi connectivity index (χ2n) is 8.07. The number of likely N-dealkylation sites (tertiary alicyclic amines) is 1. The highest BCUT2D eigenvalue weighted by Crippen LogP contribution is 2.42. The molecule has 33 heavy (non-hydrogen) atoms. The largest absolute Gasteiger partial charge is 0.507 e. The summed E-state index contributed by atoms with van der Waals surface area (Å²) in [6.45, 7) is 0.916. The number of aliphatic hydroxyl groups is 1. The van der Waals surface area contributed by atoms with E-state index in [1.807, 2.05) is 53.9 Å². The van der Waals surface area contributed by atoms with Crippen molar-refractivity contribution in [3.63, 3.8) is 0 Å². The number of aryl methyl sites for hydroxylation is 1. The van der Waals surface area contributed by atoms with Crippen molar-refractivity contribution < 1.29 is 24.2 Å². The first-order valence-electron chi connectivity index (χ1n) is 10.8. The molecule has 1 unspecified atom stereocenters. The van der Waals surface area contributed by atoms with Gasteiger partial charge >= 0.3 is 0 Å². The SMILES string of the molecule is COc1ccc(CN2C(=O)C(=O)/C(=C(\O)c3ccc4c(c3)CCCO4)C2c2cccs2)cc1. The number of hydrogen-bond acceptors (Lipinski definition) is 6. The summed E-state index contributed by atoms with van der Waals surface area (Å²) >= 11 is 1.45. The molecule has 3 heterocycles. The fraction of sp³-hybridized carbons (Fsp3) is 0.231. The number of carbonyl (C=O) groups excluding carboxylic acids is 2. The van der Waals surface area contributed by atoms with Crippen LogP contribution in [0, 0.1) is 0 Å². The van der Waals surface area contributed by atoms with Crippen LogP contribution in [-0.4, -0.2) is 35.4 Å². The van der Waals surface area contributed by atoms with E-state index in [2.05, 4.69) is 0 Å². The van der Waals surface area contributed by atoms with Gasteiger partial charge < -0.3 is 19.5 Å². The van der Waals surface area contributed by atoms with Gasteiger partial charge in [-0.1, -0.05) is 18.2 Å². The summed E-state index contributed by atoms with van der Waals surface area (Å²) in [6.07, 6.45) is 1.75. The zero-order chi connectivity index (χ0) is 22.9. The summed E-state index contributed by atoms with van der Waals surface area (Å²) in [6, 6.07) is 15.9. The Morgan fingerprint density at radius 1 is 1.18 bits per heavy atom. The van der Waals surface area contributed by atoms with Gasteiger partial charge in [0.05, 0.1) is 25.3 Å². The van der Waals surface area contributed by atoms with Gasteiger partial charge in [0, 0.05) is 17.0 Å². The third-order valence-electron chi connectivity index (χ3n) is 6.05. The Bertz CT molecular complexity index is 1230. The van der Waals surface area contributed by atoms with E-state index in [1.165, 1.54) is 16.2 Å². The topological polar surface area (TPSA) is 76.1 Å². The Morgan fingerprint density at radius 2 is 2.00 bits per heavy atom. The molecule has 1 amide bonds. The molecule has 1 saturated heterocycles. The number of nitrogens with zero attached hydrogens (tertiary/aromatic N) is 1. The molecule has 2 aliphatic heterocycles.